The molecule has 1 aromatic carbocycles. The number of nitrogens with zero attached hydrogens (tertiary/aromatic N) is 2. The molecule has 24 heavy (non-hydrogen) atoms. The maximum Gasteiger partial charge on any atom is 0.134 e. The van der Waals surface area contributed by atoms with Crippen molar-refractivity contribution in [1.29, 1.82) is 5.26 Å². The van der Waals surface area contributed by atoms with Crippen LogP contribution in [-0.2, 0) is 12.8 Å². The van der Waals surface area contributed by atoms with Crippen LogP contribution in [0.2, 0.25) is 0 Å². The fourth-order valence-electron chi connectivity index (χ4n) is 3.43. The van der Waals surface area contributed by atoms with E-state index >= 15 is 0 Å². The summed E-state index contributed by atoms with van der Waals surface area (Å²) in [6.45, 7) is 4.34. The van der Waals surface area contributed by atoms with Crippen LogP contribution in [0.4, 0.5) is 0 Å². The molecule has 0 spiro atoms. The van der Waals surface area contributed by atoms with Gasteiger partial charge in [-0.05, 0) is 44.2 Å². The summed E-state index contributed by atoms with van der Waals surface area (Å²) >= 11 is 1.69. The Morgan fingerprint density at radius 2 is 2.25 bits per heavy atom. The standard InChI is InChI=1S/C20H19N3S/c1-12-7-8-18-19(9-12)24-20(23-18)14(11-21)10-16-13(2)22-17-6-4-3-5-15(16)17/h3-6,10,12,22H,7-9H2,1-2H3. The largest absolute Gasteiger partial charge is 0.358 e. The van der Waals surface area contributed by atoms with Crippen molar-refractivity contribution in [2.45, 2.75) is 33.1 Å². The molecule has 0 saturated heterocycles. The lowest BCUT2D eigenvalue weighted by molar-refractivity contribution is 0.502. The molecule has 0 radical (unpaired) electrons. The Labute approximate surface area is 145 Å². The van der Waals surface area contributed by atoms with Gasteiger partial charge in [0.25, 0.3) is 0 Å². The fourth-order valence-corrected chi connectivity index (χ4v) is 4.66. The number of hydrogen-bond acceptors (Lipinski definition) is 3. The lowest BCUT2D eigenvalue weighted by Gasteiger charge is -2.15. The first-order valence-electron chi connectivity index (χ1n) is 8.33. The van der Waals surface area contributed by atoms with E-state index in [1.54, 1.807) is 11.3 Å². The molecular formula is C20H19N3S. The molecule has 1 N–H and O–H groups in total. The van der Waals surface area contributed by atoms with Crippen molar-refractivity contribution < 1.29 is 0 Å². The summed E-state index contributed by atoms with van der Waals surface area (Å²) in [6.07, 6.45) is 5.32. The topological polar surface area (TPSA) is 52.5 Å². The van der Waals surface area contributed by atoms with Gasteiger partial charge in [0.15, 0.2) is 0 Å². The van der Waals surface area contributed by atoms with E-state index in [4.69, 9.17) is 4.98 Å². The van der Waals surface area contributed by atoms with Gasteiger partial charge in [0.2, 0.25) is 0 Å². The Kier molecular flexibility index (Phi) is 3.74. The number of H-pyrrole nitrogens is 1. The summed E-state index contributed by atoms with van der Waals surface area (Å²) < 4.78 is 0. The van der Waals surface area contributed by atoms with Gasteiger partial charge >= 0.3 is 0 Å². The third-order valence-corrected chi connectivity index (χ3v) is 5.92. The van der Waals surface area contributed by atoms with E-state index in [2.05, 4.69) is 37.0 Å². The Morgan fingerprint density at radius 3 is 3.08 bits per heavy atom. The van der Waals surface area contributed by atoms with E-state index in [0.717, 1.165) is 45.9 Å². The molecule has 0 amide bonds. The van der Waals surface area contributed by atoms with Gasteiger partial charge in [-0.3, -0.25) is 0 Å². The van der Waals surface area contributed by atoms with Crippen LogP contribution in [0.1, 0.15) is 40.2 Å². The number of aromatic nitrogens is 2. The highest BCUT2D eigenvalue weighted by Gasteiger charge is 2.21. The molecule has 3 nitrogen and oxygen atoms in total. The number of para-hydroxylation sites is 1. The minimum Gasteiger partial charge on any atom is -0.358 e. The van der Waals surface area contributed by atoms with Crippen molar-refractivity contribution in [3.8, 4) is 6.07 Å². The highest BCUT2D eigenvalue weighted by atomic mass is 32.1. The minimum atomic E-state index is 0.662. The van der Waals surface area contributed by atoms with Gasteiger partial charge in [0, 0.05) is 27.0 Å². The summed E-state index contributed by atoms with van der Waals surface area (Å²) in [6, 6.07) is 10.6. The summed E-state index contributed by atoms with van der Waals surface area (Å²) in [7, 11) is 0. The normalized spacial score (nSPS) is 17.7. The van der Waals surface area contributed by atoms with E-state index in [-0.39, 0.29) is 0 Å². The molecule has 0 saturated carbocycles. The van der Waals surface area contributed by atoms with Gasteiger partial charge in [-0.15, -0.1) is 11.3 Å². The quantitative estimate of drug-likeness (QED) is 0.662. The van der Waals surface area contributed by atoms with Crippen LogP contribution < -0.4 is 0 Å². The molecule has 120 valence electrons. The smallest absolute Gasteiger partial charge is 0.134 e. The number of allylic oxidation sites excluding steroid dienone is 1. The second-order valence-electron chi connectivity index (χ2n) is 6.62. The van der Waals surface area contributed by atoms with Gasteiger partial charge in [0.1, 0.15) is 11.1 Å². The second-order valence-corrected chi connectivity index (χ2v) is 7.70. The van der Waals surface area contributed by atoms with Gasteiger partial charge < -0.3 is 4.98 Å². The van der Waals surface area contributed by atoms with Crippen molar-refractivity contribution in [2.75, 3.05) is 0 Å². The van der Waals surface area contributed by atoms with Gasteiger partial charge in [-0.1, -0.05) is 25.1 Å². The summed E-state index contributed by atoms with van der Waals surface area (Å²) in [5.74, 6) is 0.719. The molecule has 3 aromatic rings. The molecule has 1 atom stereocenters. The van der Waals surface area contributed by atoms with Crippen LogP contribution in [0.5, 0.6) is 0 Å². The van der Waals surface area contributed by atoms with Gasteiger partial charge in [-0.25, -0.2) is 4.98 Å². The number of nitriles is 1. The molecular weight excluding hydrogens is 314 g/mol. The molecule has 1 aliphatic carbocycles. The zero-order valence-electron chi connectivity index (χ0n) is 13.9. The molecule has 0 fully saturated rings. The zero-order chi connectivity index (χ0) is 16.7. The van der Waals surface area contributed by atoms with Crippen molar-refractivity contribution >= 4 is 33.9 Å². The van der Waals surface area contributed by atoms with E-state index in [1.165, 1.54) is 17.0 Å². The number of aryl methyl sites for hydroxylation is 2. The summed E-state index contributed by atoms with van der Waals surface area (Å²) in [5.41, 5.74) is 5.13. The first kappa shape index (κ1) is 15.2. The Balaban J connectivity index is 1.80. The second kappa shape index (κ2) is 5.92. The SMILES string of the molecule is Cc1[nH]c2ccccc2c1C=C(C#N)c1nc2c(s1)CC(C)CC2. The maximum atomic E-state index is 9.69. The molecule has 2 aromatic heterocycles. The summed E-state index contributed by atoms with van der Waals surface area (Å²) in [4.78, 5) is 9.52. The van der Waals surface area contributed by atoms with Crippen LogP contribution in [-0.4, -0.2) is 9.97 Å². The zero-order valence-corrected chi connectivity index (χ0v) is 14.7. The summed E-state index contributed by atoms with van der Waals surface area (Å²) in [5, 5.41) is 11.7. The Morgan fingerprint density at radius 1 is 1.42 bits per heavy atom. The molecule has 2 heterocycles. The number of fused-ring (bicyclic) bond motifs is 2. The van der Waals surface area contributed by atoms with Gasteiger partial charge in [0.05, 0.1) is 11.3 Å². The number of benzene rings is 1. The third kappa shape index (κ3) is 2.55. The predicted molar refractivity (Wildman–Crippen MR) is 99.8 cm³/mol. The van der Waals surface area contributed by atoms with Crippen LogP contribution in [0.15, 0.2) is 24.3 Å². The third-order valence-electron chi connectivity index (χ3n) is 4.77. The van der Waals surface area contributed by atoms with Crippen molar-refractivity contribution in [1.82, 2.24) is 9.97 Å². The molecule has 4 heteroatoms. The van der Waals surface area contributed by atoms with Crippen LogP contribution in [0, 0.1) is 24.2 Å². The van der Waals surface area contributed by atoms with Crippen molar-refractivity contribution in [3.05, 3.63) is 51.1 Å². The number of nitrogens with one attached hydrogen (secondary N) is 1. The molecule has 1 unspecified atom stereocenters. The Hall–Kier alpha value is -2.38. The monoisotopic (exact) mass is 333 g/mol. The number of thiazole rings is 1. The fraction of sp³-hybridized carbons (Fsp3) is 0.300. The first-order chi connectivity index (χ1) is 11.7. The van der Waals surface area contributed by atoms with E-state index in [9.17, 15) is 5.26 Å². The highest BCUT2D eigenvalue weighted by Crippen LogP contribution is 2.34. The van der Waals surface area contributed by atoms with Crippen molar-refractivity contribution in [3.63, 3.8) is 0 Å². The molecule has 0 bridgehead atoms. The minimum absolute atomic E-state index is 0.662. The number of rotatable bonds is 2. The lowest BCUT2D eigenvalue weighted by atomic mass is 9.93. The van der Waals surface area contributed by atoms with Crippen LogP contribution in [0.3, 0.4) is 0 Å². The maximum absolute atomic E-state index is 9.69. The number of aromatic amines is 1. The predicted octanol–water partition coefficient (Wildman–Crippen LogP) is 5.12. The average Bonchev–Trinajstić information content (AvgIpc) is 3.12. The van der Waals surface area contributed by atoms with Crippen LogP contribution >= 0.6 is 11.3 Å². The molecule has 0 aliphatic heterocycles. The first-order valence-corrected chi connectivity index (χ1v) is 9.15. The van der Waals surface area contributed by atoms with E-state index < -0.39 is 0 Å². The van der Waals surface area contributed by atoms with E-state index in [0.29, 0.717) is 5.57 Å². The van der Waals surface area contributed by atoms with Crippen molar-refractivity contribution in [2.24, 2.45) is 5.92 Å². The van der Waals surface area contributed by atoms with E-state index in [1.807, 2.05) is 18.2 Å². The van der Waals surface area contributed by atoms with Gasteiger partial charge in [-0.2, -0.15) is 5.26 Å². The molecule has 4 rings (SSSR count). The highest BCUT2D eigenvalue weighted by molar-refractivity contribution is 7.13. The Bertz CT molecular complexity index is 984. The number of hydrogen-bond donors (Lipinski definition) is 1. The molecule has 1 aliphatic rings. The van der Waals surface area contributed by atoms with Crippen LogP contribution in [0.25, 0.3) is 22.6 Å². The lowest BCUT2D eigenvalue weighted by Crippen LogP contribution is -2.09. The average molecular weight is 333 g/mol.